The van der Waals surface area contributed by atoms with Crippen LogP contribution in [-0.4, -0.2) is 57.5 Å². The Bertz CT molecular complexity index is 999. The van der Waals surface area contributed by atoms with Crippen LogP contribution in [0.25, 0.3) is 0 Å². The van der Waals surface area contributed by atoms with Crippen molar-refractivity contribution < 1.29 is 33.8 Å². The Balaban J connectivity index is 1.61. The number of hydrogen-bond acceptors (Lipinski definition) is 7. The number of amidine groups is 1. The molecular formula is C21H23N3O7. The van der Waals surface area contributed by atoms with Gasteiger partial charge >= 0.3 is 11.9 Å². The lowest BCUT2D eigenvalue weighted by Gasteiger charge is -2.24. The van der Waals surface area contributed by atoms with Gasteiger partial charge in [-0.3, -0.25) is 10.2 Å². The zero-order valence-corrected chi connectivity index (χ0v) is 16.8. The fourth-order valence-corrected chi connectivity index (χ4v) is 3.42. The number of likely N-dealkylation sites (tertiary alicyclic amines) is 1. The number of carbonyl (C=O) groups excluding carboxylic acids is 2. The van der Waals surface area contributed by atoms with E-state index in [-0.39, 0.29) is 36.7 Å². The number of nitrogens with one attached hydrogen (secondary N) is 1. The van der Waals surface area contributed by atoms with Crippen LogP contribution in [0.5, 0.6) is 5.75 Å². The van der Waals surface area contributed by atoms with Crippen LogP contribution in [0.1, 0.15) is 35.2 Å². The van der Waals surface area contributed by atoms with Crippen LogP contribution in [0.3, 0.4) is 0 Å². The number of aliphatic carboxylic acids is 1. The van der Waals surface area contributed by atoms with Crippen LogP contribution in [0.2, 0.25) is 0 Å². The van der Waals surface area contributed by atoms with E-state index in [2.05, 4.69) is 0 Å². The molecule has 3 rings (SSSR count). The summed E-state index contributed by atoms with van der Waals surface area (Å²) in [6.07, 6.45) is -0.720. The number of aliphatic hydroxyl groups is 1. The molecule has 0 radical (unpaired) electrons. The first-order valence-electron chi connectivity index (χ1n) is 9.62. The quantitative estimate of drug-likeness (QED) is 0.219. The second kappa shape index (κ2) is 9.00. The van der Waals surface area contributed by atoms with Gasteiger partial charge in [0.1, 0.15) is 23.4 Å². The van der Waals surface area contributed by atoms with Crippen molar-refractivity contribution in [3.8, 4) is 5.75 Å². The van der Waals surface area contributed by atoms with Gasteiger partial charge in [-0.05, 0) is 36.4 Å². The van der Waals surface area contributed by atoms with Gasteiger partial charge in [-0.1, -0.05) is 6.92 Å². The maximum Gasteiger partial charge on any atom is 0.379 e. The van der Waals surface area contributed by atoms with Crippen LogP contribution >= 0.6 is 0 Å². The molecule has 0 bridgehead atoms. The van der Waals surface area contributed by atoms with Crippen molar-refractivity contribution in [1.82, 2.24) is 4.90 Å². The van der Waals surface area contributed by atoms with Crippen molar-refractivity contribution in [3.05, 3.63) is 53.5 Å². The number of nitrogens with zero attached hydrogens (tertiary/aromatic N) is 1. The van der Waals surface area contributed by atoms with Crippen LogP contribution in [0.15, 0.2) is 40.8 Å². The highest BCUT2D eigenvalue weighted by Crippen LogP contribution is 2.23. The van der Waals surface area contributed by atoms with Gasteiger partial charge in [-0.2, -0.15) is 0 Å². The molecule has 2 aromatic rings. The van der Waals surface area contributed by atoms with E-state index in [9.17, 15) is 24.6 Å². The van der Waals surface area contributed by atoms with Crippen molar-refractivity contribution >= 4 is 23.7 Å². The average molecular weight is 429 g/mol. The number of hydrogen-bond donors (Lipinski definition) is 4. The van der Waals surface area contributed by atoms with Crippen molar-refractivity contribution in [3.63, 3.8) is 0 Å². The summed E-state index contributed by atoms with van der Waals surface area (Å²) in [7, 11) is 0. The number of amides is 1. The molecule has 1 saturated heterocycles. The first-order chi connectivity index (χ1) is 14.7. The van der Waals surface area contributed by atoms with Crippen LogP contribution in [-0.2, 0) is 16.0 Å². The molecule has 1 unspecified atom stereocenters. The smallest absolute Gasteiger partial charge is 0.379 e. The van der Waals surface area contributed by atoms with E-state index < -0.39 is 35.9 Å². The van der Waals surface area contributed by atoms with E-state index in [4.69, 9.17) is 20.3 Å². The third-order valence-corrected chi connectivity index (χ3v) is 5.01. The van der Waals surface area contributed by atoms with Gasteiger partial charge in [-0.15, -0.1) is 0 Å². The number of benzene rings is 1. The Kier molecular flexibility index (Phi) is 6.40. The van der Waals surface area contributed by atoms with Crippen molar-refractivity contribution in [2.75, 3.05) is 6.54 Å². The predicted octanol–water partition coefficient (Wildman–Crippen LogP) is 1.01. The molecule has 5 N–H and O–H groups in total. The summed E-state index contributed by atoms with van der Waals surface area (Å²) >= 11 is 0. The van der Waals surface area contributed by atoms with E-state index in [0.717, 1.165) is 0 Å². The largest absolute Gasteiger partial charge is 0.480 e. The number of nitrogens with two attached hydrogens (primary N) is 1. The summed E-state index contributed by atoms with van der Waals surface area (Å²) in [5.74, 6) is -2.43. The Hall–Kier alpha value is -3.66. The number of carbonyl (C=O) groups is 3. The predicted molar refractivity (Wildman–Crippen MR) is 108 cm³/mol. The molecule has 3 atom stereocenters. The second-order valence-corrected chi connectivity index (χ2v) is 7.43. The number of ether oxygens (including phenoxy) is 1. The SMILES string of the molecule is CC(Cc1ccc(C(=O)Oc2ccc(C(=N)N)cc2)o1)C(=O)N1C[C@@H](O)C[C@H]1C(=O)O. The average Bonchev–Trinajstić information content (AvgIpc) is 3.34. The second-order valence-electron chi connectivity index (χ2n) is 7.43. The van der Waals surface area contributed by atoms with Crippen molar-refractivity contribution in [1.29, 1.82) is 5.41 Å². The summed E-state index contributed by atoms with van der Waals surface area (Å²) in [4.78, 5) is 37.4. The molecule has 1 aliphatic heterocycles. The fourth-order valence-electron chi connectivity index (χ4n) is 3.42. The highest BCUT2D eigenvalue weighted by Gasteiger charge is 2.40. The topological polar surface area (TPSA) is 167 Å². The van der Waals surface area contributed by atoms with E-state index >= 15 is 0 Å². The molecule has 0 spiro atoms. The van der Waals surface area contributed by atoms with E-state index in [1.54, 1.807) is 25.1 Å². The molecule has 0 saturated carbocycles. The molecule has 10 heteroatoms. The van der Waals surface area contributed by atoms with Crippen molar-refractivity contribution in [2.45, 2.75) is 31.9 Å². The lowest BCUT2D eigenvalue weighted by Crippen LogP contribution is -2.43. The zero-order valence-electron chi connectivity index (χ0n) is 16.8. The Morgan fingerprint density at radius 3 is 2.55 bits per heavy atom. The van der Waals surface area contributed by atoms with Crippen LogP contribution < -0.4 is 10.5 Å². The Morgan fingerprint density at radius 2 is 1.94 bits per heavy atom. The third kappa shape index (κ3) is 5.10. The Labute approximate surface area is 177 Å². The van der Waals surface area contributed by atoms with Gasteiger partial charge in [0.25, 0.3) is 0 Å². The maximum absolute atomic E-state index is 12.7. The first-order valence-corrected chi connectivity index (χ1v) is 9.62. The first kappa shape index (κ1) is 22.0. The number of carboxylic acids is 1. The summed E-state index contributed by atoms with van der Waals surface area (Å²) in [6, 6.07) is 8.02. The van der Waals surface area contributed by atoms with Gasteiger partial charge in [-0.25, -0.2) is 9.59 Å². The zero-order chi connectivity index (χ0) is 22.7. The molecule has 2 heterocycles. The maximum atomic E-state index is 12.7. The van der Waals surface area contributed by atoms with E-state index in [0.29, 0.717) is 11.3 Å². The number of β-amino-alcohol motifs (C(OH)–C–C–N with tert-alkyl or cyclic N) is 1. The molecular weight excluding hydrogens is 406 g/mol. The summed E-state index contributed by atoms with van der Waals surface area (Å²) < 4.78 is 10.7. The van der Waals surface area contributed by atoms with Gasteiger partial charge in [0, 0.05) is 30.9 Å². The minimum Gasteiger partial charge on any atom is -0.480 e. The summed E-state index contributed by atoms with van der Waals surface area (Å²) in [5.41, 5.74) is 5.88. The molecule has 1 fully saturated rings. The normalized spacial score (nSPS) is 19.1. The number of aliphatic hydroxyl groups excluding tert-OH is 1. The molecule has 164 valence electrons. The van der Waals surface area contributed by atoms with Gasteiger partial charge < -0.3 is 30.0 Å². The summed E-state index contributed by atoms with van der Waals surface area (Å²) in [5, 5.41) is 26.3. The highest BCUT2D eigenvalue weighted by molar-refractivity contribution is 5.95. The minimum atomic E-state index is -1.16. The molecule has 1 amide bonds. The van der Waals surface area contributed by atoms with E-state index in [1.807, 2.05) is 0 Å². The highest BCUT2D eigenvalue weighted by atomic mass is 16.5. The van der Waals surface area contributed by atoms with Crippen molar-refractivity contribution in [2.24, 2.45) is 11.7 Å². The summed E-state index contributed by atoms with van der Waals surface area (Å²) in [6.45, 7) is 1.60. The molecule has 1 aliphatic rings. The monoisotopic (exact) mass is 429 g/mol. The molecule has 10 nitrogen and oxygen atoms in total. The molecule has 1 aromatic heterocycles. The number of furan rings is 1. The molecule has 31 heavy (non-hydrogen) atoms. The number of nitrogen functional groups attached to an aromatic ring is 1. The minimum absolute atomic E-state index is 0.00205. The molecule has 0 aliphatic carbocycles. The Morgan fingerprint density at radius 1 is 1.26 bits per heavy atom. The number of rotatable bonds is 7. The lowest BCUT2D eigenvalue weighted by molar-refractivity contribution is -0.149. The van der Waals surface area contributed by atoms with Crippen LogP contribution in [0.4, 0.5) is 0 Å². The third-order valence-electron chi connectivity index (χ3n) is 5.01. The molecule has 1 aromatic carbocycles. The number of carboxylic acid groups (broad SMARTS) is 1. The fraction of sp³-hybridized carbons (Fsp3) is 0.333. The van der Waals surface area contributed by atoms with Crippen LogP contribution in [0, 0.1) is 11.3 Å². The van der Waals surface area contributed by atoms with Gasteiger partial charge in [0.2, 0.25) is 11.7 Å². The van der Waals surface area contributed by atoms with E-state index in [1.165, 1.54) is 23.1 Å². The lowest BCUT2D eigenvalue weighted by atomic mass is 10.0. The van der Waals surface area contributed by atoms with Gasteiger partial charge in [0.15, 0.2) is 0 Å². The number of esters is 1. The van der Waals surface area contributed by atoms with Gasteiger partial charge in [0.05, 0.1) is 6.10 Å². The standard InChI is InChI=1S/C21H23N3O7/c1-11(19(26)24-10-13(25)9-16(24)20(27)28)8-15-6-7-17(30-15)21(29)31-14-4-2-12(3-5-14)18(22)23/h2-7,11,13,16,25H,8-10H2,1H3,(H3,22,23)(H,27,28)/t11?,13-,16-/m0/s1.